The fourth-order valence-electron chi connectivity index (χ4n) is 9.72. The molecule has 16 atom stereocenters. The third kappa shape index (κ3) is 14.3. The first-order chi connectivity index (χ1) is 37.3. The summed E-state index contributed by atoms with van der Waals surface area (Å²) in [4.78, 5) is 3.36. The first kappa shape index (κ1) is 56.8. The Kier molecular flexibility index (Phi) is 19.4. The molecule has 0 spiro atoms. The summed E-state index contributed by atoms with van der Waals surface area (Å²) in [7, 11) is -2.73. The van der Waals surface area contributed by atoms with Gasteiger partial charge in [0.1, 0.15) is 67.1 Å². The highest BCUT2D eigenvalue weighted by Gasteiger charge is 2.57. The molecule has 0 amide bonds. The van der Waals surface area contributed by atoms with Gasteiger partial charge in [0.15, 0.2) is 33.5 Å². The lowest BCUT2D eigenvalue weighted by Gasteiger charge is -2.52. The van der Waals surface area contributed by atoms with Gasteiger partial charge in [0.2, 0.25) is 0 Å². The van der Waals surface area contributed by atoms with Crippen LogP contribution in [0.25, 0.3) is 10.4 Å². The molecular weight excluding hydrogens is 1000 g/mol. The minimum atomic E-state index is -2.73. The predicted octanol–water partition coefficient (Wildman–Crippen LogP) is 9.46. The number of fused-ring (bicyclic) bond motifs is 1. The fourth-order valence-corrected chi connectivity index (χ4v) is 10.8. The van der Waals surface area contributed by atoms with Gasteiger partial charge in [0.05, 0.1) is 45.7 Å². The van der Waals surface area contributed by atoms with Crippen molar-refractivity contribution in [3.8, 4) is 0 Å². The molecule has 4 aliphatic rings. The van der Waals surface area contributed by atoms with E-state index in [0.717, 1.165) is 27.8 Å². The van der Waals surface area contributed by atoms with Gasteiger partial charge in [0.25, 0.3) is 0 Å². The number of nitrogens with zero attached hydrogens (tertiary/aromatic N) is 3. The molecule has 0 aromatic heterocycles. The van der Waals surface area contributed by atoms with Crippen LogP contribution < -0.4 is 0 Å². The molecule has 17 nitrogen and oxygen atoms in total. The van der Waals surface area contributed by atoms with Crippen molar-refractivity contribution in [1.82, 2.24) is 0 Å². The smallest absolute Gasteiger partial charge is 0.195 e. The van der Waals surface area contributed by atoms with Crippen LogP contribution in [0.5, 0.6) is 0 Å². The largest absolute Gasteiger partial charge is 0.392 e. The van der Waals surface area contributed by atoms with Crippen LogP contribution >= 0.6 is 0 Å². The number of benzene rings is 5. The maximum absolute atomic E-state index is 12.0. The molecule has 0 saturated carbocycles. The molecule has 4 heterocycles. The molecule has 0 unspecified atom stereocenters. The second kappa shape index (κ2) is 26.4. The summed E-state index contributed by atoms with van der Waals surface area (Å²) in [6, 6.07) is 47.2. The average Bonchev–Trinajstić information content (AvgIpc) is 3.43. The molecule has 9 rings (SSSR count). The summed E-state index contributed by atoms with van der Waals surface area (Å²) >= 11 is 0. The van der Waals surface area contributed by atoms with Gasteiger partial charge >= 0.3 is 0 Å². The van der Waals surface area contributed by atoms with Crippen LogP contribution in [0.15, 0.2) is 157 Å². The van der Waals surface area contributed by atoms with E-state index < -0.39 is 107 Å². The predicted molar refractivity (Wildman–Crippen MR) is 286 cm³/mol. The Bertz CT molecular complexity index is 2600. The molecule has 77 heavy (non-hydrogen) atoms. The van der Waals surface area contributed by atoms with E-state index in [9.17, 15) is 15.7 Å². The lowest BCUT2D eigenvalue weighted by Crippen LogP contribution is -2.68. The monoisotopic (exact) mass is 1080 g/mol. The summed E-state index contributed by atoms with van der Waals surface area (Å²) < 4.78 is 81.3. The molecule has 0 radical (unpaired) electrons. The van der Waals surface area contributed by atoms with Crippen LogP contribution in [0.2, 0.25) is 18.1 Å². The lowest BCUT2D eigenvalue weighted by molar-refractivity contribution is -0.391. The van der Waals surface area contributed by atoms with Crippen molar-refractivity contribution in [2.24, 2.45) is 5.11 Å². The Balaban J connectivity index is 1.10. The molecule has 412 valence electrons. The van der Waals surface area contributed by atoms with Crippen molar-refractivity contribution in [2.75, 3.05) is 13.2 Å². The highest BCUT2D eigenvalue weighted by atomic mass is 28.4. The molecule has 4 saturated heterocycles. The first-order valence-corrected chi connectivity index (χ1v) is 29.4. The summed E-state index contributed by atoms with van der Waals surface area (Å²) in [5.41, 5.74) is 14.9. The minimum Gasteiger partial charge on any atom is -0.392 e. The molecule has 0 aliphatic carbocycles. The Hall–Kier alpha value is -4.93. The van der Waals surface area contributed by atoms with E-state index in [1.807, 2.05) is 159 Å². The minimum absolute atomic E-state index is 0.00841. The number of hydrogen-bond donors (Lipinski definition) is 2. The molecule has 2 N–H and O–H groups in total. The number of rotatable bonds is 21. The van der Waals surface area contributed by atoms with Crippen LogP contribution in [0, 0.1) is 0 Å². The highest BCUT2D eigenvalue weighted by molar-refractivity contribution is 6.74. The summed E-state index contributed by atoms with van der Waals surface area (Å²) in [5, 5.41) is 28.0. The summed E-state index contributed by atoms with van der Waals surface area (Å²) in [6.07, 6.45) is -16.5. The third-order valence-corrected chi connectivity index (χ3v) is 19.4. The van der Waals surface area contributed by atoms with Gasteiger partial charge in [-0.2, -0.15) is 0 Å². The van der Waals surface area contributed by atoms with Crippen molar-refractivity contribution in [2.45, 2.75) is 171 Å². The molecule has 5 aromatic carbocycles. The quantitative estimate of drug-likeness (QED) is 0.0305. The van der Waals surface area contributed by atoms with E-state index in [0.29, 0.717) is 0 Å². The van der Waals surface area contributed by atoms with Crippen molar-refractivity contribution >= 4 is 8.32 Å². The van der Waals surface area contributed by atoms with Crippen molar-refractivity contribution < 1.29 is 66.7 Å². The standard InChI is InChI=1S/C59H73N3O14Si/c1-38-49(66-33-40-24-14-8-15-25-40)53(67-34-41-26-16-9-17-27-41)54(68-35-42-28-18-10-19-29-42)58(70-38)75-52-46(61-62-60)56(76-77(5,6)59(2,3)4)71-44(36-65-32-39-22-12-7-13-23-39)51(52)74-57-48(64)47(63)50-45(72-57)37-69-55(73-50)43-30-20-11-21-31-43/h7-31,38,44-58,63-64H,32-37H2,1-6H3/t38-,44+,45+,46+,47+,48+,49+,50-,51+,52+,53+,54-,55-,56-,57-,58-/m0/s1. The molecule has 4 fully saturated rings. The lowest BCUT2D eigenvalue weighted by atomic mass is 9.94. The van der Waals surface area contributed by atoms with Crippen LogP contribution in [0.3, 0.4) is 0 Å². The second-order valence-corrected chi connectivity index (χ2v) is 26.3. The second-order valence-electron chi connectivity index (χ2n) is 21.5. The van der Waals surface area contributed by atoms with E-state index in [-0.39, 0.29) is 44.7 Å². The van der Waals surface area contributed by atoms with Crippen LogP contribution in [-0.2, 0) is 83.0 Å². The molecule has 5 aromatic rings. The first-order valence-electron chi connectivity index (χ1n) is 26.5. The summed E-state index contributed by atoms with van der Waals surface area (Å²) in [5.74, 6) is 0. The Labute approximate surface area is 452 Å². The topological polar surface area (TPSA) is 200 Å². The van der Waals surface area contributed by atoms with E-state index in [1.54, 1.807) is 0 Å². The molecular formula is C59H73N3O14Si. The summed E-state index contributed by atoms with van der Waals surface area (Å²) in [6.45, 7) is 13.1. The van der Waals surface area contributed by atoms with Crippen LogP contribution in [0.4, 0.5) is 0 Å². The van der Waals surface area contributed by atoms with Crippen LogP contribution in [-0.4, -0.2) is 124 Å². The van der Waals surface area contributed by atoms with Gasteiger partial charge in [-0.1, -0.05) is 178 Å². The van der Waals surface area contributed by atoms with Gasteiger partial charge in [-0.15, -0.1) is 0 Å². The maximum atomic E-state index is 12.0. The Morgan fingerprint density at radius 1 is 0.584 bits per heavy atom. The average molecular weight is 1080 g/mol. The van der Waals surface area contributed by atoms with Gasteiger partial charge in [-0.3, -0.25) is 0 Å². The fraction of sp³-hybridized carbons (Fsp3) is 0.492. The number of aliphatic hydroxyl groups excluding tert-OH is 2. The zero-order valence-corrected chi connectivity index (χ0v) is 45.5. The van der Waals surface area contributed by atoms with Gasteiger partial charge in [0, 0.05) is 10.5 Å². The van der Waals surface area contributed by atoms with E-state index in [4.69, 9.17) is 56.5 Å². The van der Waals surface area contributed by atoms with E-state index >= 15 is 0 Å². The van der Waals surface area contributed by atoms with Gasteiger partial charge in [-0.05, 0) is 52.8 Å². The van der Waals surface area contributed by atoms with Gasteiger partial charge in [-0.25, -0.2) is 0 Å². The van der Waals surface area contributed by atoms with Crippen LogP contribution in [0.1, 0.15) is 61.8 Å². The molecule has 0 bridgehead atoms. The Morgan fingerprint density at radius 3 is 1.64 bits per heavy atom. The van der Waals surface area contributed by atoms with Gasteiger partial charge < -0.3 is 66.7 Å². The molecule has 18 heteroatoms. The van der Waals surface area contributed by atoms with Crippen molar-refractivity contribution in [3.05, 3.63) is 190 Å². The number of aliphatic hydroxyl groups is 2. The Morgan fingerprint density at radius 2 is 1.09 bits per heavy atom. The zero-order chi connectivity index (χ0) is 53.9. The number of ether oxygens (including phenoxy) is 11. The maximum Gasteiger partial charge on any atom is 0.195 e. The normalized spacial score (nSPS) is 31.7. The zero-order valence-electron chi connectivity index (χ0n) is 44.5. The highest BCUT2D eigenvalue weighted by Crippen LogP contribution is 2.43. The number of hydrogen-bond acceptors (Lipinski definition) is 15. The third-order valence-electron chi connectivity index (χ3n) is 15.0. The SMILES string of the molecule is C[C@@H]1O[C@@H](O[C@@H]2[C@@H](N=[N+]=[N-])[C@H](O[Si](C)(C)C(C)(C)C)O[C@H](COCc3ccccc3)[C@H]2O[C@@H]2O[C@@H]3CO[C@H](c4ccccc4)O[C@@H]3[C@H](O)[C@H]2O)[C@@H](OCc2ccccc2)[C@H](OCc2ccccc2)[C@@H]1OCc1ccccc1. The van der Waals surface area contributed by atoms with E-state index in [1.165, 1.54) is 0 Å². The number of azide groups is 1. The van der Waals surface area contributed by atoms with Crippen molar-refractivity contribution in [3.63, 3.8) is 0 Å². The van der Waals surface area contributed by atoms with E-state index in [2.05, 4.69) is 43.9 Å². The molecule has 4 aliphatic heterocycles. The van der Waals surface area contributed by atoms with Crippen molar-refractivity contribution in [1.29, 1.82) is 0 Å².